The van der Waals surface area contributed by atoms with Gasteiger partial charge in [-0.3, -0.25) is 0 Å². The first-order chi connectivity index (χ1) is 11.9. The van der Waals surface area contributed by atoms with Crippen molar-refractivity contribution < 1.29 is 55.4 Å². The smallest absolute Gasteiger partial charge is 1.00 e. The summed E-state index contributed by atoms with van der Waals surface area (Å²) in [5, 5.41) is 0. The molecule has 1 radical (unpaired) electrons. The first kappa shape index (κ1) is 27.8. The van der Waals surface area contributed by atoms with Crippen molar-refractivity contribution in [3.63, 3.8) is 0 Å². The predicted octanol–water partition coefficient (Wildman–Crippen LogP) is 0.465. The summed E-state index contributed by atoms with van der Waals surface area (Å²) in [6.07, 6.45) is 11.5. The molecule has 1 aromatic carbocycles. The molecule has 0 atom stereocenters. The number of hydrogen-bond acceptors (Lipinski definition) is 1. The van der Waals surface area contributed by atoms with Gasteiger partial charge in [0.1, 0.15) is 0 Å². The van der Waals surface area contributed by atoms with Crippen molar-refractivity contribution in [1.29, 1.82) is 0 Å². The quantitative estimate of drug-likeness (QED) is 0.307. The van der Waals surface area contributed by atoms with E-state index in [9.17, 15) is 0 Å². The van der Waals surface area contributed by atoms with E-state index in [0.29, 0.717) is 0 Å². The third-order valence-corrected chi connectivity index (χ3v) is 5.73. The first-order valence-corrected chi connectivity index (χ1v) is 12.7. The van der Waals surface area contributed by atoms with Gasteiger partial charge in [0, 0.05) is 6.61 Å². The van der Waals surface area contributed by atoms with Gasteiger partial charge in [0.25, 0.3) is 0 Å². The van der Waals surface area contributed by atoms with E-state index in [4.69, 9.17) is 4.43 Å². The first-order valence-electron chi connectivity index (χ1n) is 9.31. The molecule has 0 N–H and O–H groups in total. The summed E-state index contributed by atoms with van der Waals surface area (Å²) >= 11 is 0. The molecule has 0 saturated heterocycles. The largest absolute Gasteiger partial charge is 3.00 e. The zero-order valence-corrected chi connectivity index (χ0v) is 22.4. The monoisotopic (exact) mass is 509 g/mol. The molecule has 0 amide bonds. The third kappa shape index (κ3) is 6.67. The fourth-order valence-electron chi connectivity index (χ4n) is 3.58. The molecule has 3 rings (SSSR count). The summed E-state index contributed by atoms with van der Waals surface area (Å²) in [6, 6.07) is 8.63. The Kier molecular flexibility index (Phi) is 11.8. The van der Waals surface area contributed by atoms with Crippen LogP contribution in [0.4, 0.5) is 0 Å². The van der Waals surface area contributed by atoms with Gasteiger partial charge in [-0.2, -0.15) is 0 Å². The van der Waals surface area contributed by atoms with Crippen LogP contribution in [-0.2, 0) is 30.6 Å². The summed E-state index contributed by atoms with van der Waals surface area (Å²) < 4.78 is 6.02. The molecule has 149 valence electrons. The summed E-state index contributed by atoms with van der Waals surface area (Å²) in [6.45, 7) is 12.1. The SMILES string of the molecule is CC(C)=C1C(C2=C(CCCO[Si](C)(C)C)C=CC2)=[C-]c2ccccc21.[Cl-].[Cl-].[Zr+3]. The van der Waals surface area contributed by atoms with Gasteiger partial charge in [-0.25, -0.2) is 0 Å². The van der Waals surface area contributed by atoms with Crippen molar-refractivity contribution in [2.24, 2.45) is 0 Å². The van der Waals surface area contributed by atoms with Gasteiger partial charge < -0.3 is 29.2 Å². The van der Waals surface area contributed by atoms with Gasteiger partial charge in [-0.05, 0) is 38.9 Å². The Morgan fingerprint density at radius 2 is 1.79 bits per heavy atom. The van der Waals surface area contributed by atoms with Crippen LogP contribution in [0.2, 0.25) is 19.6 Å². The summed E-state index contributed by atoms with van der Waals surface area (Å²) in [5.41, 5.74) is 9.55. The van der Waals surface area contributed by atoms with Crippen LogP contribution >= 0.6 is 0 Å². The zero-order chi connectivity index (χ0) is 18.0. The average Bonchev–Trinajstić information content (AvgIpc) is 3.14. The second-order valence-electron chi connectivity index (χ2n) is 8.10. The van der Waals surface area contributed by atoms with E-state index >= 15 is 0 Å². The van der Waals surface area contributed by atoms with E-state index in [1.165, 1.54) is 39.0 Å². The van der Waals surface area contributed by atoms with Crippen LogP contribution in [0, 0.1) is 6.08 Å². The minimum atomic E-state index is -1.40. The molecule has 2 aliphatic rings. The molecular weight excluding hydrogens is 482 g/mol. The molecule has 28 heavy (non-hydrogen) atoms. The number of hydrogen-bond donors (Lipinski definition) is 0. The van der Waals surface area contributed by atoms with E-state index in [1.54, 1.807) is 0 Å². The molecule has 0 fully saturated rings. The normalized spacial score (nSPS) is 14.8. The Morgan fingerprint density at radius 1 is 1.11 bits per heavy atom. The van der Waals surface area contributed by atoms with Gasteiger partial charge >= 0.3 is 26.2 Å². The Bertz CT molecular complexity index is 797. The van der Waals surface area contributed by atoms with Crippen LogP contribution < -0.4 is 24.8 Å². The van der Waals surface area contributed by atoms with Gasteiger partial charge in [-0.15, -0.1) is 40.0 Å². The van der Waals surface area contributed by atoms with Crippen molar-refractivity contribution in [3.05, 3.63) is 75.9 Å². The second kappa shape index (κ2) is 11.9. The van der Waals surface area contributed by atoms with E-state index in [-0.39, 0.29) is 51.0 Å². The number of halogens is 2. The standard InChI is InChI=1S/C23H29OSi.2ClH.Zr/c1-17(2)23-21-13-7-6-10-19(21)16-22(23)20-14-8-11-18(20)12-9-15-24-25(3,4)5;;;/h6-8,10-11,13H,9,12,14-15H2,1-5H3;2*1H;/q-1;;;+3/p-2. The van der Waals surface area contributed by atoms with Crippen LogP contribution in [0.3, 0.4) is 0 Å². The van der Waals surface area contributed by atoms with E-state index in [0.717, 1.165) is 25.9 Å². The molecule has 0 aliphatic heterocycles. The number of fused-ring (bicyclic) bond motifs is 1. The minimum Gasteiger partial charge on any atom is -1.00 e. The van der Waals surface area contributed by atoms with Gasteiger partial charge in [0.15, 0.2) is 8.32 Å². The predicted molar refractivity (Wildman–Crippen MR) is 110 cm³/mol. The maximum absolute atomic E-state index is 6.02. The van der Waals surface area contributed by atoms with Crippen molar-refractivity contribution in [3.8, 4) is 0 Å². The van der Waals surface area contributed by atoms with Crippen LogP contribution in [0.1, 0.15) is 44.2 Å². The molecule has 0 aromatic heterocycles. The number of allylic oxidation sites excluding steroid dienone is 7. The molecule has 1 aromatic rings. The van der Waals surface area contributed by atoms with Crippen molar-refractivity contribution >= 4 is 13.9 Å². The van der Waals surface area contributed by atoms with Gasteiger partial charge in [-0.1, -0.05) is 55.3 Å². The topological polar surface area (TPSA) is 9.23 Å². The third-order valence-electron chi connectivity index (χ3n) is 4.66. The van der Waals surface area contributed by atoms with E-state index in [1.807, 2.05) is 0 Å². The van der Waals surface area contributed by atoms with E-state index < -0.39 is 8.32 Å². The van der Waals surface area contributed by atoms with Gasteiger partial charge in [0.05, 0.1) is 0 Å². The molecule has 2 aliphatic carbocycles. The summed E-state index contributed by atoms with van der Waals surface area (Å²) in [5.74, 6) is 0. The number of rotatable bonds is 6. The van der Waals surface area contributed by atoms with Crippen molar-refractivity contribution in [1.82, 2.24) is 0 Å². The fourth-order valence-corrected chi connectivity index (χ4v) is 4.33. The molecule has 0 heterocycles. The molecule has 0 saturated carbocycles. The molecule has 0 unspecified atom stereocenters. The van der Waals surface area contributed by atoms with Crippen molar-refractivity contribution in [2.45, 2.75) is 52.8 Å². The van der Waals surface area contributed by atoms with E-state index in [2.05, 4.69) is 76.0 Å². The Labute approximate surface area is 203 Å². The van der Waals surface area contributed by atoms with Gasteiger partial charge in [0.2, 0.25) is 0 Å². The maximum atomic E-state index is 6.02. The molecular formula is C23H29Cl2OSiZr. The maximum Gasteiger partial charge on any atom is 3.00 e. The molecule has 0 bridgehead atoms. The molecule has 5 heteroatoms. The van der Waals surface area contributed by atoms with Crippen molar-refractivity contribution in [2.75, 3.05) is 6.61 Å². The van der Waals surface area contributed by atoms with Crippen LogP contribution in [-0.4, -0.2) is 14.9 Å². The Morgan fingerprint density at radius 3 is 2.43 bits per heavy atom. The molecule has 1 nitrogen and oxygen atoms in total. The molecule has 0 spiro atoms. The average molecular weight is 512 g/mol. The summed E-state index contributed by atoms with van der Waals surface area (Å²) in [4.78, 5) is 0. The minimum absolute atomic E-state index is 0. The Balaban J connectivity index is 0.00000243. The Hall–Kier alpha value is -0.180. The van der Waals surface area contributed by atoms with Crippen LogP contribution in [0.25, 0.3) is 5.57 Å². The zero-order valence-electron chi connectivity index (χ0n) is 17.5. The number of benzene rings is 1. The van der Waals surface area contributed by atoms with Crippen LogP contribution in [0.5, 0.6) is 0 Å². The second-order valence-corrected chi connectivity index (χ2v) is 12.6. The summed E-state index contributed by atoms with van der Waals surface area (Å²) in [7, 11) is -1.40. The van der Waals surface area contributed by atoms with Crippen LogP contribution in [0.15, 0.2) is 58.7 Å². The fraction of sp³-hybridized carbons (Fsp3) is 0.391.